The normalized spacial score (nSPS) is 12.4. The van der Waals surface area contributed by atoms with Gasteiger partial charge in [-0.2, -0.15) is 0 Å². The van der Waals surface area contributed by atoms with Gasteiger partial charge in [0.2, 0.25) is 0 Å². The van der Waals surface area contributed by atoms with Gasteiger partial charge in [-0.05, 0) is 92.8 Å². The molecule has 0 amide bonds. The van der Waals surface area contributed by atoms with Crippen molar-refractivity contribution in [3.63, 3.8) is 0 Å². The molecule has 59 heavy (non-hydrogen) atoms. The predicted octanol–water partition coefficient (Wildman–Crippen LogP) is 14.3. The SMILES string of the molecule is C1=C(c2cccc3oc4ccc(-c5ccccc5)cc4c23)CCc2ccc(-c3nc(-c4ccc(-c5ccccc5)cc4)nc(-c4ccc(-c5ccccc5)cc4)n3)cc21. The Morgan fingerprint density at radius 3 is 1.44 bits per heavy atom. The van der Waals surface area contributed by atoms with Crippen LogP contribution >= 0.6 is 0 Å². The number of hydrogen-bond donors (Lipinski definition) is 0. The number of hydrogen-bond acceptors (Lipinski definition) is 4. The highest BCUT2D eigenvalue weighted by molar-refractivity contribution is 6.12. The van der Waals surface area contributed by atoms with E-state index in [0.717, 1.165) is 62.6 Å². The molecule has 1 aliphatic carbocycles. The minimum absolute atomic E-state index is 0.638. The largest absolute Gasteiger partial charge is 0.456 e. The van der Waals surface area contributed by atoms with E-state index in [-0.39, 0.29) is 0 Å². The van der Waals surface area contributed by atoms with Crippen LogP contribution in [0.3, 0.4) is 0 Å². The molecule has 0 fully saturated rings. The fourth-order valence-electron chi connectivity index (χ4n) is 8.39. The zero-order chi connectivity index (χ0) is 39.1. The minimum atomic E-state index is 0.638. The Morgan fingerprint density at radius 2 is 0.847 bits per heavy atom. The summed E-state index contributed by atoms with van der Waals surface area (Å²) in [6, 6.07) is 68.0. The zero-order valence-corrected chi connectivity index (χ0v) is 32.2. The molecule has 278 valence electrons. The van der Waals surface area contributed by atoms with Gasteiger partial charge in [0.25, 0.3) is 0 Å². The summed E-state index contributed by atoms with van der Waals surface area (Å²) in [6.45, 7) is 0. The van der Waals surface area contributed by atoms with Crippen LogP contribution in [0.5, 0.6) is 0 Å². The summed E-state index contributed by atoms with van der Waals surface area (Å²) in [6.07, 6.45) is 4.23. The molecule has 2 heterocycles. The average molecular weight is 756 g/mol. The third-order valence-corrected chi connectivity index (χ3v) is 11.5. The van der Waals surface area contributed by atoms with Crippen molar-refractivity contribution in [3.05, 3.63) is 211 Å². The summed E-state index contributed by atoms with van der Waals surface area (Å²) in [4.78, 5) is 15.4. The van der Waals surface area contributed by atoms with Gasteiger partial charge in [-0.25, -0.2) is 15.0 Å². The summed E-state index contributed by atoms with van der Waals surface area (Å²) in [5.74, 6) is 1.92. The predicted molar refractivity (Wildman–Crippen MR) is 242 cm³/mol. The molecule has 0 saturated heterocycles. The molecule has 11 rings (SSSR count). The van der Waals surface area contributed by atoms with Gasteiger partial charge in [0.05, 0.1) is 0 Å². The maximum Gasteiger partial charge on any atom is 0.164 e. The smallest absolute Gasteiger partial charge is 0.164 e. The van der Waals surface area contributed by atoms with Crippen LogP contribution in [0.1, 0.15) is 23.1 Å². The van der Waals surface area contributed by atoms with Crippen molar-refractivity contribution >= 4 is 33.6 Å². The number of aryl methyl sites for hydroxylation is 1. The van der Waals surface area contributed by atoms with E-state index in [1.165, 1.54) is 44.5 Å². The second kappa shape index (κ2) is 14.7. The van der Waals surface area contributed by atoms with Crippen LogP contribution in [0.4, 0.5) is 0 Å². The van der Waals surface area contributed by atoms with Crippen LogP contribution < -0.4 is 0 Å². The lowest BCUT2D eigenvalue weighted by molar-refractivity contribution is 0.669. The van der Waals surface area contributed by atoms with Crippen molar-refractivity contribution in [1.29, 1.82) is 0 Å². The van der Waals surface area contributed by atoms with E-state index < -0.39 is 0 Å². The first-order valence-corrected chi connectivity index (χ1v) is 20.1. The number of furan rings is 1. The van der Waals surface area contributed by atoms with Gasteiger partial charge in [-0.3, -0.25) is 0 Å². The zero-order valence-electron chi connectivity index (χ0n) is 32.2. The monoisotopic (exact) mass is 755 g/mol. The second-order valence-electron chi connectivity index (χ2n) is 15.1. The first kappa shape index (κ1) is 34.5. The lowest BCUT2D eigenvalue weighted by Crippen LogP contribution is -2.03. The molecule has 8 aromatic carbocycles. The number of benzene rings is 8. The highest BCUT2D eigenvalue weighted by atomic mass is 16.3. The molecule has 0 atom stereocenters. The van der Waals surface area contributed by atoms with Gasteiger partial charge in [0.15, 0.2) is 17.5 Å². The van der Waals surface area contributed by atoms with Gasteiger partial charge < -0.3 is 4.42 Å². The quantitative estimate of drug-likeness (QED) is 0.163. The second-order valence-corrected chi connectivity index (χ2v) is 15.1. The lowest BCUT2D eigenvalue weighted by atomic mass is 9.86. The number of allylic oxidation sites excluding steroid dienone is 1. The van der Waals surface area contributed by atoms with Gasteiger partial charge in [0.1, 0.15) is 11.2 Å². The summed E-state index contributed by atoms with van der Waals surface area (Å²) < 4.78 is 6.42. The van der Waals surface area contributed by atoms with Crippen molar-refractivity contribution in [1.82, 2.24) is 15.0 Å². The van der Waals surface area contributed by atoms with E-state index in [1.54, 1.807) is 0 Å². The molecule has 0 spiro atoms. The molecular weight excluding hydrogens is 719 g/mol. The molecule has 0 saturated carbocycles. The number of aromatic nitrogens is 3. The molecule has 1 aliphatic rings. The van der Waals surface area contributed by atoms with Crippen molar-refractivity contribution in [3.8, 4) is 67.5 Å². The number of rotatable bonds is 7. The summed E-state index contributed by atoms with van der Waals surface area (Å²) in [7, 11) is 0. The van der Waals surface area contributed by atoms with E-state index >= 15 is 0 Å². The van der Waals surface area contributed by atoms with Gasteiger partial charge in [-0.1, -0.05) is 176 Å². The van der Waals surface area contributed by atoms with Crippen molar-refractivity contribution < 1.29 is 4.42 Å². The van der Waals surface area contributed by atoms with Gasteiger partial charge in [-0.15, -0.1) is 0 Å². The van der Waals surface area contributed by atoms with E-state index in [4.69, 9.17) is 19.4 Å². The molecule has 0 aliphatic heterocycles. The summed E-state index contributed by atoms with van der Waals surface area (Å²) >= 11 is 0. The Hall–Kier alpha value is -7.69. The molecule has 0 unspecified atom stereocenters. The van der Waals surface area contributed by atoms with Crippen LogP contribution in [-0.4, -0.2) is 15.0 Å². The lowest BCUT2D eigenvalue weighted by Gasteiger charge is -2.18. The van der Waals surface area contributed by atoms with Crippen LogP contribution in [0.15, 0.2) is 199 Å². The Kier molecular flexibility index (Phi) is 8.59. The molecule has 10 aromatic rings. The number of fused-ring (bicyclic) bond motifs is 4. The fourth-order valence-corrected chi connectivity index (χ4v) is 8.39. The standard InChI is InChI=1S/C55H37N3O/c1-4-11-36(12-5-1)39-19-25-42(26-20-39)53-56-54(43-27-21-40(22-28-43)37-13-6-2-7-14-37)58-55(57-53)46-30-24-41-23-29-45(33-47(41)34-46)48-17-10-18-51-52(48)49-35-44(31-32-50(49)59-51)38-15-8-3-9-16-38/h1-22,24-28,30-35H,23,29H2. The van der Waals surface area contributed by atoms with Gasteiger partial charge >= 0.3 is 0 Å². The molecular formula is C55H37N3O. The fraction of sp³-hybridized carbons (Fsp3) is 0.0364. The Balaban J connectivity index is 0.999. The van der Waals surface area contributed by atoms with E-state index in [2.05, 4.69) is 188 Å². The molecule has 0 radical (unpaired) electrons. The molecule has 2 aromatic heterocycles. The molecule has 0 bridgehead atoms. The Labute approximate surface area is 342 Å². The van der Waals surface area contributed by atoms with Gasteiger partial charge in [0, 0.05) is 27.5 Å². The van der Waals surface area contributed by atoms with E-state index in [9.17, 15) is 0 Å². The maximum atomic E-state index is 6.42. The van der Waals surface area contributed by atoms with E-state index in [1.807, 2.05) is 12.1 Å². The van der Waals surface area contributed by atoms with E-state index in [0.29, 0.717) is 17.5 Å². The highest BCUT2D eigenvalue weighted by Gasteiger charge is 2.20. The van der Waals surface area contributed by atoms with Crippen molar-refractivity contribution in [2.45, 2.75) is 12.8 Å². The topological polar surface area (TPSA) is 51.8 Å². The molecule has 4 nitrogen and oxygen atoms in total. The van der Waals surface area contributed by atoms with Crippen LogP contribution in [0.25, 0.3) is 101 Å². The molecule has 4 heteroatoms. The third kappa shape index (κ3) is 6.61. The van der Waals surface area contributed by atoms with Crippen LogP contribution in [-0.2, 0) is 6.42 Å². The summed E-state index contributed by atoms with van der Waals surface area (Å²) in [5.41, 5.74) is 16.6. The van der Waals surface area contributed by atoms with Crippen LogP contribution in [0.2, 0.25) is 0 Å². The number of nitrogens with zero attached hydrogens (tertiary/aromatic N) is 3. The first-order chi connectivity index (χ1) is 29.2. The third-order valence-electron chi connectivity index (χ3n) is 11.5. The summed E-state index contributed by atoms with van der Waals surface area (Å²) in [5, 5.41) is 2.30. The Bertz CT molecular complexity index is 3070. The van der Waals surface area contributed by atoms with Crippen molar-refractivity contribution in [2.75, 3.05) is 0 Å². The Morgan fingerprint density at radius 1 is 0.356 bits per heavy atom. The minimum Gasteiger partial charge on any atom is -0.456 e. The van der Waals surface area contributed by atoms with Crippen LogP contribution in [0, 0.1) is 0 Å². The highest BCUT2D eigenvalue weighted by Crippen LogP contribution is 2.41. The molecule has 0 N–H and O–H groups in total. The van der Waals surface area contributed by atoms with Crippen molar-refractivity contribution in [2.24, 2.45) is 0 Å². The maximum absolute atomic E-state index is 6.42. The first-order valence-electron chi connectivity index (χ1n) is 20.1. The average Bonchev–Trinajstić information content (AvgIpc) is 3.70.